The lowest BCUT2D eigenvalue weighted by molar-refractivity contribution is -0.122. The van der Waals surface area contributed by atoms with Gasteiger partial charge in [0.15, 0.2) is 0 Å². The number of hydrogen-bond donors (Lipinski definition) is 1. The van der Waals surface area contributed by atoms with Gasteiger partial charge in [-0.2, -0.15) is 5.10 Å². The first kappa shape index (κ1) is 15.5. The number of carbonyl (C=O) groups is 1. The number of pyridine rings is 1. The van der Waals surface area contributed by atoms with Gasteiger partial charge >= 0.3 is 0 Å². The third-order valence-corrected chi connectivity index (χ3v) is 3.60. The number of aryl methyl sites for hydroxylation is 1. The second-order valence-electron chi connectivity index (χ2n) is 4.35. The molecule has 0 unspecified atom stereocenters. The fraction of sp³-hybridized carbons (Fsp3) is 0.231. The van der Waals surface area contributed by atoms with E-state index in [-0.39, 0.29) is 22.5 Å². The quantitative estimate of drug-likeness (QED) is 0.925. The van der Waals surface area contributed by atoms with E-state index in [2.05, 4.69) is 15.4 Å². The molecule has 0 saturated carbocycles. The summed E-state index contributed by atoms with van der Waals surface area (Å²) in [6, 6.07) is 1.82. The SMILES string of the molecule is Cc1cnccc1CNC(=O)Cn1ncc(Cl)c(Cl)c1=O. The van der Waals surface area contributed by atoms with Crippen molar-refractivity contribution >= 4 is 29.1 Å². The zero-order valence-corrected chi connectivity index (χ0v) is 12.6. The summed E-state index contributed by atoms with van der Waals surface area (Å²) < 4.78 is 0.961. The van der Waals surface area contributed by atoms with Crippen LogP contribution in [0.15, 0.2) is 29.5 Å². The average molecular weight is 327 g/mol. The number of aromatic nitrogens is 3. The molecule has 0 bridgehead atoms. The lowest BCUT2D eigenvalue weighted by Crippen LogP contribution is -2.33. The van der Waals surface area contributed by atoms with E-state index in [4.69, 9.17) is 23.2 Å². The van der Waals surface area contributed by atoms with Gasteiger partial charge in [0, 0.05) is 18.9 Å². The van der Waals surface area contributed by atoms with Gasteiger partial charge in [0.2, 0.25) is 5.91 Å². The first-order chi connectivity index (χ1) is 9.99. The summed E-state index contributed by atoms with van der Waals surface area (Å²) in [5, 5.41) is 6.39. The summed E-state index contributed by atoms with van der Waals surface area (Å²) in [6.45, 7) is 2.03. The molecule has 8 heteroatoms. The van der Waals surface area contributed by atoms with Crippen LogP contribution in [0.2, 0.25) is 10.0 Å². The minimum Gasteiger partial charge on any atom is -0.350 e. The van der Waals surface area contributed by atoms with Crippen LogP contribution in [0, 0.1) is 6.92 Å². The standard InChI is InChI=1S/C13H12Cl2N4O2/c1-8-4-16-3-2-9(8)5-17-11(20)7-19-13(21)12(15)10(14)6-18-19/h2-4,6H,5,7H2,1H3,(H,17,20). The van der Waals surface area contributed by atoms with Gasteiger partial charge in [-0.3, -0.25) is 14.6 Å². The number of rotatable bonds is 4. The molecule has 0 saturated heterocycles. The molecule has 110 valence electrons. The van der Waals surface area contributed by atoms with Crippen LogP contribution in [0.4, 0.5) is 0 Å². The van der Waals surface area contributed by atoms with Gasteiger partial charge in [0.25, 0.3) is 5.56 Å². The van der Waals surface area contributed by atoms with Crippen LogP contribution in [0.3, 0.4) is 0 Å². The van der Waals surface area contributed by atoms with Gasteiger partial charge in [0.05, 0.1) is 11.2 Å². The highest BCUT2D eigenvalue weighted by Crippen LogP contribution is 2.14. The number of carbonyl (C=O) groups excluding carboxylic acids is 1. The van der Waals surface area contributed by atoms with Crippen molar-refractivity contribution in [1.29, 1.82) is 0 Å². The monoisotopic (exact) mass is 326 g/mol. The summed E-state index contributed by atoms with van der Waals surface area (Å²) >= 11 is 11.4. The van der Waals surface area contributed by atoms with E-state index < -0.39 is 5.56 Å². The maximum Gasteiger partial charge on any atom is 0.287 e. The molecular weight excluding hydrogens is 315 g/mol. The molecular formula is C13H12Cl2N4O2. The van der Waals surface area contributed by atoms with E-state index in [0.29, 0.717) is 6.54 Å². The fourth-order valence-electron chi connectivity index (χ4n) is 1.64. The van der Waals surface area contributed by atoms with Crippen LogP contribution in [-0.4, -0.2) is 20.7 Å². The molecule has 0 spiro atoms. The zero-order valence-electron chi connectivity index (χ0n) is 11.1. The molecule has 0 aromatic carbocycles. The Hall–Kier alpha value is -1.92. The van der Waals surface area contributed by atoms with Crippen LogP contribution in [0.5, 0.6) is 0 Å². The average Bonchev–Trinajstić information content (AvgIpc) is 2.47. The van der Waals surface area contributed by atoms with Crippen LogP contribution in [-0.2, 0) is 17.9 Å². The molecule has 0 radical (unpaired) electrons. The molecule has 0 fully saturated rings. The molecule has 1 amide bonds. The molecule has 6 nitrogen and oxygen atoms in total. The molecule has 0 aliphatic carbocycles. The van der Waals surface area contributed by atoms with Crippen LogP contribution in [0.1, 0.15) is 11.1 Å². The predicted molar refractivity (Wildman–Crippen MR) is 79.3 cm³/mol. The van der Waals surface area contributed by atoms with E-state index in [1.54, 1.807) is 12.4 Å². The maximum absolute atomic E-state index is 11.8. The first-order valence-electron chi connectivity index (χ1n) is 6.06. The van der Waals surface area contributed by atoms with E-state index in [1.807, 2.05) is 13.0 Å². The van der Waals surface area contributed by atoms with Crippen molar-refractivity contribution in [3.63, 3.8) is 0 Å². The lowest BCUT2D eigenvalue weighted by atomic mass is 10.1. The second kappa shape index (κ2) is 6.69. The Morgan fingerprint density at radius 2 is 2.14 bits per heavy atom. The van der Waals surface area contributed by atoms with Crippen molar-refractivity contribution in [2.75, 3.05) is 0 Å². The van der Waals surface area contributed by atoms with Gasteiger partial charge in [-0.1, -0.05) is 23.2 Å². The Morgan fingerprint density at radius 3 is 2.86 bits per heavy atom. The Morgan fingerprint density at radius 1 is 1.38 bits per heavy atom. The Labute approximate surface area is 130 Å². The zero-order chi connectivity index (χ0) is 15.4. The van der Waals surface area contributed by atoms with Gasteiger partial charge < -0.3 is 5.32 Å². The van der Waals surface area contributed by atoms with E-state index in [9.17, 15) is 9.59 Å². The molecule has 0 atom stereocenters. The van der Waals surface area contributed by atoms with Crippen molar-refractivity contribution in [3.8, 4) is 0 Å². The third kappa shape index (κ3) is 3.80. The molecule has 2 heterocycles. The van der Waals surface area contributed by atoms with Crippen LogP contribution < -0.4 is 10.9 Å². The smallest absolute Gasteiger partial charge is 0.287 e. The Kier molecular flexibility index (Phi) is 4.93. The number of hydrogen-bond acceptors (Lipinski definition) is 4. The van der Waals surface area contributed by atoms with Crippen molar-refractivity contribution in [2.45, 2.75) is 20.0 Å². The number of nitrogens with one attached hydrogen (secondary N) is 1. The Bertz CT molecular complexity index is 730. The van der Waals surface area contributed by atoms with Gasteiger partial charge in [-0.05, 0) is 24.1 Å². The van der Waals surface area contributed by atoms with Crippen LogP contribution >= 0.6 is 23.2 Å². The molecule has 1 N–H and O–H groups in total. The molecule has 21 heavy (non-hydrogen) atoms. The third-order valence-electron chi connectivity index (χ3n) is 2.85. The van der Waals surface area contributed by atoms with E-state index >= 15 is 0 Å². The number of nitrogens with zero attached hydrogens (tertiary/aromatic N) is 3. The minimum absolute atomic E-state index is 0.0609. The summed E-state index contributed by atoms with van der Waals surface area (Å²) in [7, 11) is 0. The summed E-state index contributed by atoms with van der Waals surface area (Å²) in [5.74, 6) is -0.348. The molecule has 0 aliphatic rings. The normalized spacial score (nSPS) is 10.4. The van der Waals surface area contributed by atoms with E-state index in [1.165, 1.54) is 6.20 Å². The Balaban J connectivity index is 2.02. The molecule has 2 aromatic rings. The van der Waals surface area contributed by atoms with Crippen LogP contribution in [0.25, 0.3) is 0 Å². The highest BCUT2D eigenvalue weighted by atomic mass is 35.5. The molecule has 0 aliphatic heterocycles. The van der Waals surface area contributed by atoms with Crippen molar-refractivity contribution < 1.29 is 4.79 Å². The predicted octanol–water partition coefficient (Wildman–Crippen LogP) is 1.57. The highest BCUT2D eigenvalue weighted by molar-refractivity contribution is 6.41. The first-order valence-corrected chi connectivity index (χ1v) is 6.82. The van der Waals surface area contributed by atoms with Gasteiger partial charge in [-0.15, -0.1) is 0 Å². The summed E-state index contributed by atoms with van der Waals surface area (Å²) in [4.78, 5) is 27.6. The number of amides is 1. The second-order valence-corrected chi connectivity index (χ2v) is 5.13. The maximum atomic E-state index is 11.8. The van der Waals surface area contributed by atoms with Crippen molar-refractivity contribution in [2.24, 2.45) is 0 Å². The van der Waals surface area contributed by atoms with Gasteiger partial charge in [0.1, 0.15) is 11.6 Å². The molecule has 2 rings (SSSR count). The largest absolute Gasteiger partial charge is 0.350 e. The number of halogens is 2. The van der Waals surface area contributed by atoms with Gasteiger partial charge in [-0.25, -0.2) is 4.68 Å². The molecule has 2 aromatic heterocycles. The van der Waals surface area contributed by atoms with E-state index in [0.717, 1.165) is 15.8 Å². The van der Waals surface area contributed by atoms with Crippen molar-refractivity contribution in [1.82, 2.24) is 20.1 Å². The fourth-order valence-corrected chi connectivity index (χ4v) is 1.91. The topological polar surface area (TPSA) is 76.9 Å². The van der Waals surface area contributed by atoms with Crippen molar-refractivity contribution in [3.05, 3.63) is 56.2 Å². The minimum atomic E-state index is -0.598. The highest BCUT2D eigenvalue weighted by Gasteiger charge is 2.10. The lowest BCUT2D eigenvalue weighted by Gasteiger charge is -2.08. The summed E-state index contributed by atoms with van der Waals surface area (Å²) in [6.07, 6.45) is 4.59. The summed E-state index contributed by atoms with van der Waals surface area (Å²) in [5.41, 5.74) is 1.33.